The summed E-state index contributed by atoms with van der Waals surface area (Å²) < 4.78 is 2.05. The molecular weight excluding hydrogens is 452 g/mol. The van der Waals surface area contributed by atoms with Gasteiger partial charge in [0.05, 0.1) is 23.6 Å². The fourth-order valence-electron chi connectivity index (χ4n) is 4.58. The number of hydrogen-bond acceptors (Lipinski definition) is 7. The van der Waals surface area contributed by atoms with E-state index in [1.54, 1.807) is 6.20 Å². The number of nitrogens with one attached hydrogen (secondary N) is 2. The van der Waals surface area contributed by atoms with Crippen molar-refractivity contribution in [2.75, 3.05) is 49.9 Å². The van der Waals surface area contributed by atoms with Crippen LogP contribution >= 0.6 is 11.6 Å². The van der Waals surface area contributed by atoms with Gasteiger partial charge in [0, 0.05) is 50.9 Å². The third-order valence-corrected chi connectivity index (χ3v) is 6.89. The standard InChI is InChI=1S/C24H37ClN8O/c1-16(2)12-31-13-18(14-31)33-15-20(17(3)30-33)28-23-27-11-19(25)21(29-23)26-8-6-9-32-10-7-24(4,5)22(32)34/h11,15-16,18H,6-10,12-14H2,1-5H3,(H2,26,27,28,29). The van der Waals surface area contributed by atoms with E-state index in [2.05, 4.69) is 39.3 Å². The first-order valence-corrected chi connectivity index (χ1v) is 12.6. The van der Waals surface area contributed by atoms with Gasteiger partial charge >= 0.3 is 0 Å². The molecule has 0 unspecified atom stereocenters. The van der Waals surface area contributed by atoms with Gasteiger partial charge in [-0.2, -0.15) is 10.1 Å². The molecule has 2 N–H and O–H groups in total. The molecule has 4 rings (SSSR count). The minimum atomic E-state index is -0.234. The summed E-state index contributed by atoms with van der Waals surface area (Å²) in [5, 5.41) is 11.7. The lowest BCUT2D eigenvalue weighted by Gasteiger charge is -2.40. The van der Waals surface area contributed by atoms with E-state index in [1.165, 1.54) is 0 Å². The summed E-state index contributed by atoms with van der Waals surface area (Å²) in [4.78, 5) is 25.7. The topological polar surface area (TPSA) is 91.2 Å². The lowest BCUT2D eigenvalue weighted by molar-refractivity contribution is -0.134. The van der Waals surface area contributed by atoms with Crippen molar-refractivity contribution < 1.29 is 4.79 Å². The van der Waals surface area contributed by atoms with E-state index in [4.69, 9.17) is 16.7 Å². The lowest BCUT2D eigenvalue weighted by Crippen LogP contribution is -2.49. The van der Waals surface area contributed by atoms with Gasteiger partial charge in [0.2, 0.25) is 11.9 Å². The van der Waals surface area contributed by atoms with E-state index in [-0.39, 0.29) is 11.3 Å². The van der Waals surface area contributed by atoms with Gasteiger partial charge in [-0.1, -0.05) is 39.3 Å². The summed E-state index contributed by atoms with van der Waals surface area (Å²) in [6.07, 6.45) is 5.37. The van der Waals surface area contributed by atoms with Crippen LogP contribution in [0, 0.1) is 18.3 Å². The Bertz CT molecular complexity index is 1010. The number of carbonyl (C=O) groups excluding carboxylic acids is 1. The molecule has 0 spiro atoms. The Hall–Kier alpha value is -2.39. The molecule has 0 bridgehead atoms. The molecular formula is C24H37ClN8O. The zero-order valence-corrected chi connectivity index (χ0v) is 21.7. The summed E-state index contributed by atoms with van der Waals surface area (Å²) in [6.45, 7) is 15.9. The van der Waals surface area contributed by atoms with Gasteiger partial charge in [-0.15, -0.1) is 0 Å². The first kappa shape index (κ1) is 24.7. The number of nitrogens with zero attached hydrogens (tertiary/aromatic N) is 6. The zero-order chi connectivity index (χ0) is 24.5. The summed E-state index contributed by atoms with van der Waals surface area (Å²) >= 11 is 6.32. The number of aryl methyl sites for hydroxylation is 1. The van der Waals surface area contributed by atoms with Crippen LogP contribution in [-0.2, 0) is 4.79 Å². The van der Waals surface area contributed by atoms with Gasteiger partial charge in [-0.3, -0.25) is 14.4 Å². The number of carbonyl (C=O) groups is 1. The Balaban J connectivity index is 1.29. The van der Waals surface area contributed by atoms with Crippen molar-refractivity contribution in [3.05, 3.63) is 23.1 Å². The van der Waals surface area contributed by atoms with Crippen LogP contribution in [0.1, 0.15) is 52.3 Å². The smallest absolute Gasteiger partial charge is 0.229 e. The van der Waals surface area contributed by atoms with E-state index in [0.717, 1.165) is 56.9 Å². The molecule has 2 saturated heterocycles. The molecule has 4 heterocycles. The van der Waals surface area contributed by atoms with Crippen molar-refractivity contribution in [2.45, 2.75) is 53.5 Å². The molecule has 2 aliphatic heterocycles. The summed E-state index contributed by atoms with van der Waals surface area (Å²) in [6, 6.07) is 0.407. The molecule has 186 valence electrons. The van der Waals surface area contributed by atoms with E-state index in [9.17, 15) is 4.79 Å². The molecule has 2 fully saturated rings. The van der Waals surface area contributed by atoms with Crippen molar-refractivity contribution in [2.24, 2.45) is 11.3 Å². The van der Waals surface area contributed by atoms with Gasteiger partial charge < -0.3 is 15.5 Å². The molecule has 9 nitrogen and oxygen atoms in total. The van der Waals surface area contributed by atoms with Crippen molar-refractivity contribution in [1.82, 2.24) is 29.5 Å². The van der Waals surface area contributed by atoms with E-state index < -0.39 is 0 Å². The molecule has 2 aromatic heterocycles. The summed E-state index contributed by atoms with van der Waals surface area (Å²) in [7, 11) is 0. The Morgan fingerprint density at radius 1 is 1.29 bits per heavy atom. The second-order valence-electron chi connectivity index (χ2n) is 10.6. The van der Waals surface area contributed by atoms with Crippen LogP contribution in [0.3, 0.4) is 0 Å². The third kappa shape index (κ3) is 5.63. The molecule has 0 radical (unpaired) electrons. The van der Waals surface area contributed by atoms with Gasteiger partial charge in [-0.05, 0) is 25.7 Å². The largest absolute Gasteiger partial charge is 0.369 e. The number of likely N-dealkylation sites (tertiary alicyclic amines) is 2. The molecule has 0 aliphatic carbocycles. The maximum absolute atomic E-state index is 12.4. The monoisotopic (exact) mass is 488 g/mol. The first-order chi connectivity index (χ1) is 16.1. The number of halogens is 1. The van der Waals surface area contributed by atoms with E-state index in [0.29, 0.717) is 35.3 Å². The highest BCUT2D eigenvalue weighted by atomic mass is 35.5. The van der Waals surface area contributed by atoms with Crippen LogP contribution in [0.15, 0.2) is 12.4 Å². The van der Waals surface area contributed by atoms with Crippen molar-refractivity contribution in [3.63, 3.8) is 0 Å². The molecule has 0 atom stereocenters. The lowest BCUT2D eigenvalue weighted by atomic mass is 9.92. The number of rotatable bonds is 10. The van der Waals surface area contributed by atoms with E-state index in [1.807, 2.05) is 36.5 Å². The quantitative estimate of drug-likeness (QED) is 0.489. The molecule has 1 amide bonds. The highest BCUT2D eigenvalue weighted by molar-refractivity contribution is 6.32. The molecule has 2 aliphatic rings. The number of anilines is 3. The highest BCUT2D eigenvalue weighted by Crippen LogP contribution is 2.30. The second-order valence-corrected chi connectivity index (χ2v) is 11.0. The number of hydrogen-bond donors (Lipinski definition) is 2. The first-order valence-electron chi connectivity index (χ1n) is 12.2. The van der Waals surface area contributed by atoms with Gasteiger partial charge in [0.25, 0.3) is 0 Å². The predicted octanol–water partition coefficient (Wildman–Crippen LogP) is 3.95. The van der Waals surface area contributed by atoms with Crippen LogP contribution in [0.4, 0.5) is 17.5 Å². The van der Waals surface area contributed by atoms with Crippen LogP contribution in [0.5, 0.6) is 0 Å². The van der Waals surface area contributed by atoms with Crippen molar-refractivity contribution >= 4 is 35.0 Å². The van der Waals surface area contributed by atoms with Crippen molar-refractivity contribution in [1.29, 1.82) is 0 Å². The second kappa shape index (κ2) is 10.1. The maximum atomic E-state index is 12.4. The number of aromatic nitrogens is 4. The summed E-state index contributed by atoms with van der Waals surface area (Å²) in [5.41, 5.74) is 1.57. The average Bonchev–Trinajstić information content (AvgIpc) is 3.22. The Labute approximate surface area is 207 Å². The summed E-state index contributed by atoms with van der Waals surface area (Å²) in [5.74, 6) is 1.98. The van der Waals surface area contributed by atoms with Crippen LogP contribution in [0.25, 0.3) is 0 Å². The van der Waals surface area contributed by atoms with E-state index >= 15 is 0 Å². The van der Waals surface area contributed by atoms with Crippen LogP contribution in [-0.4, -0.2) is 74.7 Å². The third-order valence-electron chi connectivity index (χ3n) is 6.61. The Kier molecular flexibility index (Phi) is 7.33. The Morgan fingerprint density at radius 2 is 2.06 bits per heavy atom. The predicted molar refractivity (Wildman–Crippen MR) is 136 cm³/mol. The van der Waals surface area contributed by atoms with Gasteiger partial charge in [-0.25, -0.2) is 4.98 Å². The molecule has 34 heavy (non-hydrogen) atoms. The molecule has 10 heteroatoms. The van der Waals surface area contributed by atoms with Crippen LogP contribution in [0.2, 0.25) is 5.02 Å². The average molecular weight is 489 g/mol. The molecule has 0 saturated carbocycles. The minimum absolute atomic E-state index is 0.234. The van der Waals surface area contributed by atoms with Gasteiger partial charge in [0.1, 0.15) is 10.8 Å². The van der Waals surface area contributed by atoms with Crippen molar-refractivity contribution in [3.8, 4) is 0 Å². The highest BCUT2D eigenvalue weighted by Gasteiger charge is 2.38. The molecule has 0 aromatic carbocycles. The normalized spacial score (nSPS) is 18.6. The zero-order valence-electron chi connectivity index (χ0n) is 20.9. The fraction of sp³-hybridized carbons (Fsp3) is 0.667. The Morgan fingerprint density at radius 3 is 2.74 bits per heavy atom. The number of amides is 1. The molecule has 2 aromatic rings. The van der Waals surface area contributed by atoms with Crippen LogP contribution < -0.4 is 10.6 Å². The maximum Gasteiger partial charge on any atom is 0.229 e. The fourth-order valence-corrected chi connectivity index (χ4v) is 4.74. The minimum Gasteiger partial charge on any atom is -0.369 e. The SMILES string of the molecule is Cc1nn(C2CN(CC(C)C)C2)cc1Nc1ncc(Cl)c(NCCCN2CCC(C)(C)C2=O)n1. The van der Waals surface area contributed by atoms with Gasteiger partial charge in [0.15, 0.2) is 0 Å².